The van der Waals surface area contributed by atoms with Gasteiger partial charge in [0.1, 0.15) is 29.9 Å². The van der Waals surface area contributed by atoms with E-state index in [4.69, 9.17) is 85.7 Å². The monoisotopic (exact) mass is 1080 g/mol. The molecule has 59 heavy (non-hydrogen) atoms. The molecule has 29 heteroatoms. The van der Waals surface area contributed by atoms with Crippen LogP contribution in [0.25, 0.3) is 10.4 Å². The minimum atomic E-state index is -1.61. The van der Waals surface area contributed by atoms with Crippen molar-refractivity contribution in [1.82, 2.24) is 24.9 Å². The standard InChI is InChI=1S/C5H3BrN2S.C5H3N5S.C5H5N3S.C5H4N2S.C4H6N2S.C4H9NO2.CCl4.CH4.H4P2/c6-1-4-3-8-5(2-7)9-4;6-1-5-8-2-4(11-5)3-9-10-7;6-1-4-3-8-5(2-7)9-4;1-4-3-7-5(2-6)8-4;1-3-2-6-4(5)7-3;1-4(2,3)7-5-6;2-1(3,4)5;;1-2/h3H,1H2;2H,3H2;3H,1,6H2;3H,1H3;2H,1H3,(H2,5,6);1-3H3;;1H4;1-2H2/i;;;;;;;;1T. The summed E-state index contributed by atoms with van der Waals surface area (Å²) in [5, 5.41) is 42.2. The maximum atomic E-state index is 9.35. The highest BCUT2D eigenvalue weighted by atomic mass is 79.9. The fourth-order valence-corrected chi connectivity index (χ4v) is 5.66. The van der Waals surface area contributed by atoms with Crippen molar-refractivity contribution in [1.29, 1.82) is 22.3 Å². The van der Waals surface area contributed by atoms with Gasteiger partial charge in [-0.25, -0.2) is 24.9 Å². The molecule has 5 aromatic rings. The van der Waals surface area contributed by atoms with E-state index in [1.165, 1.54) is 62.9 Å². The van der Waals surface area contributed by atoms with Gasteiger partial charge in [-0.2, -0.15) is 21.0 Å². The fraction of sp³-hybridized carbons (Fsp3) is 0.367. The van der Waals surface area contributed by atoms with Crippen LogP contribution in [-0.2, 0) is 23.3 Å². The normalized spacial score (nSPS) is 9.32. The lowest BCUT2D eigenvalue weighted by molar-refractivity contribution is -0.00230. The number of hydrogen-bond donors (Lipinski definition) is 2. The third kappa shape index (κ3) is 40.3. The molecule has 2 atom stereocenters. The molecule has 5 aromatic heterocycles. The summed E-state index contributed by atoms with van der Waals surface area (Å²) in [7, 11) is 2.52. The summed E-state index contributed by atoms with van der Waals surface area (Å²) < 4.78 is 4.59. The highest BCUT2D eigenvalue weighted by Gasteiger charge is 2.11. The number of anilines is 1. The predicted octanol–water partition coefficient (Wildman–Crippen LogP) is 11.9. The number of nitriles is 4. The van der Waals surface area contributed by atoms with E-state index in [1.54, 1.807) is 45.6 Å². The molecular weight excluding hydrogens is 1050 g/mol. The van der Waals surface area contributed by atoms with Gasteiger partial charge in [0.25, 0.3) is 3.25 Å². The van der Waals surface area contributed by atoms with Gasteiger partial charge in [0.2, 0.25) is 0 Å². The highest BCUT2D eigenvalue weighted by Crippen LogP contribution is 2.29. The maximum Gasteiger partial charge on any atom is 0.266 e. The van der Waals surface area contributed by atoms with E-state index in [0.717, 1.165) is 29.7 Å². The molecule has 0 saturated heterocycles. The fourth-order valence-electron chi connectivity index (χ4n) is 2.30. The van der Waals surface area contributed by atoms with E-state index in [9.17, 15) is 4.91 Å². The van der Waals surface area contributed by atoms with Gasteiger partial charge in [0.05, 0.1) is 7.82 Å². The minimum Gasteiger partial charge on any atom is -0.375 e. The zero-order valence-corrected chi connectivity index (χ0v) is 41.6. The van der Waals surface area contributed by atoms with Crippen molar-refractivity contribution in [3.05, 3.63) is 90.8 Å². The molecule has 0 saturated carbocycles. The minimum absolute atomic E-state index is 0. The van der Waals surface area contributed by atoms with Gasteiger partial charge in [-0.3, -0.25) is 0 Å². The van der Waals surface area contributed by atoms with E-state index < -0.39 is 8.85 Å². The second-order valence-electron chi connectivity index (χ2n) is 9.86. The molecule has 0 spiro atoms. The van der Waals surface area contributed by atoms with Gasteiger partial charge < -0.3 is 16.3 Å². The molecule has 0 aromatic carbocycles. The first-order valence-corrected chi connectivity index (χ1v) is 23.7. The molecule has 0 radical (unpaired) electrons. The van der Waals surface area contributed by atoms with Gasteiger partial charge in [0.15, 0.2) is 30.5 Å². The lowest BCUT2D eigenvalue weighted by atomic mass is 10.2. The Hall–Kier alpha value is -2.92. The summed E-state index contributed by atoms with van der Waals surface area (Å²) in [6.45, 7) is 9.93. The Morgan fingerprint density at radius 3 is 1.42 bits per heavy atom. The van der Waals surface area contributed by atoms with E-state index in [0.29, 0.717) is 31.7 Å². The number of aryl methyl sites for hydroxylation is 2. The average molecular weight is 1090 g/mol. The van der Waals surface area contributed by atoms with Crippen molar-refractivity contribution in [3.8, 4) is 24.3 Å². The Labute approximate surface area is 397 Å². The van der Waals surface area contributed by atoms with Crippen molar-refractivity contribution >= 4 is 142 Å². The number of alkyl halides is 5. The second-order valence-corrected chi connectivity index (χ2v) is 19.7. The number of nitrogens with zero attached hydrogens (tertiary/aromatic N) is 13. The summed E-state index contributed by atoms with van der Waals surface area (Å²) in [6, 6.07) is 7.75. The zero-order valence-electron chi connectivity index (χ0n) is 31.8. The van der Waals surface area contributed by atoms with Crippen LogP contribution in [0.1, 0.15) is 72.6 Å². The zero-order chi connectivity index (χ0) is 45.9. The lowest BCUT2D eigenvalue weighted by Crippen LogP contribution is -2.14. The van der Waals surface area contributed by atoms with Crippen LogP contribution in [0.2, 0.25) is 0 Å². The molecule has 0 aliphatic rings. The Morgan fingerprint density at radius 1 is 0.831 bits per heavy atom. The third-order valence-corrected chi connectivity index (χ3v) is 9.49. The van der Waals surface area contributed by atoms with Crippen molar-refractivity contribution < 1.29 is 4.84 Å². The van der Waals surface area contributed by atoms with Crippen LogP contribution < -0.4 is 11.5 Å². The predicted molar refractivity (Wildman–Crippen MR) is 256 cm³/mol. The van der Waals surface area contributed by atoms with Crippen molar-refractivity contribution in [2.45, 2.75) is 69.3 Å². The Bertz CT molecular complexity index is 2040. The van der Waals surface area contributed by atoms with Crippen molar-refractivity contribution in [2.75, 3.05) is 5.73 Å². The van der Waals surface area contributed by atoms with Gasteiger partial charge in [-0.15, -0.1) is 79.4 Å². The Morgan fingerprint density at radius 2 is 1.20 bits per heavy atom. The molecule has 0 aliphatic heterocycles. The molecule has 5 rings (SSSR count). The molecule has 17 nitrogen and oxygen atoms in total. The number of rotatable bonds is 5. The first-order chi connectivity index (χ1) is 27.7. The lowest BCUT2D eigenvalue weighted by Gasteiger charge is -2.11. The van der Waals surface area contributed by atoms with Crippen LogP contribution in [0, 0.1) is 64.1 Å². The SMILES string of the molecule is C.CC(C)(C)ON=O.Cc1cnc(C#N)s1.Cc1cnc(N)s1.ClC(Cl)(Cl)Cl.N#Cc1ncc(CBr)s1.N#Cc1ncc(CN)s1.N#Cc1ncc(CN=[N+]=[N-])s1.[3H]PP. The number of hydrogen-bond acceptors (Lipinski definition) is 20. The summed E-state index contributed by atoms with van der Waals surface area (Å²) in [4.78, 5) is 40.3. The van der Waals surface area contributed by atoms with Gasteiger partial charge >= 0.3 is 0 Å². The summed E-state index contributed by atoms with van der Waals surface area (Å²) in [5.41, 5.74) is 18.1. The molecule has 5 heterocycles. The summed E-state index contributed by atoms with van der Waals surface area (Å²) >= 11 is 29.5. The number of thiazole rings is 5. The number of nitrogens with two attached hydrogens (primary N) is 2. The first-order valence-electron chi connectivity index (χ1n) is 15.1. The van der Waals surface area contributed by atoms with E-state index in [2.05, 4.69) is 70.0 Å². The molecule has 0 amide bonds. The number of halogens is 5. The molecule has 4 N–H and O–H groups in total. The largest absolute Gasteiger partial charge is 0.375 e. The van der Waals surface area contributed by atoms with Crippen LogP contribution in [0.15, 0.2) is 41.4 Å². The van der Waals surface area contributed by atoms with Crippen LogP contribution in [0.3, 0.4) is 0 Å². The maximum absolute atomic E-state index is 9.35. The van der Waals surface area contributed by atoms with E-state index in [-0.39, 0.29) is 22.8 Å². The number of nitrogen functional groups attached to an aromatic ring is 1. The molecule has 0 bridgehead atoms. The second kappa shape index (κ2) is 38.0. The van der Waals surface area contributed by atoms with Crippen molar-refractivity contribution in [2.24, 2.45) is 16.2 Å². The van der Waals surface area contributed by atoms with Crippen LogP contribution in [0.5, 0.6) is 0 Å². The quantitative estimate of drug-likeness (QED) is 0.0315. The van der Waals surface area contributed by atoms with Crippen LogP contribution in [-0.4, -0.2) is 35.1 Å². The first kappa shape index (κ1) is 60.4. The molecule has 320 valence electrons. The van der Waals surface area contributed by atoms with Gasteiger partial charge in [0, 0.05) is 72.2 Å². The number of aromatic nitrogens is 5. The molecule has 0 fully saturated rings. The topological polar surface area (TPSA) is 299 Å². The van der Waals surface area contributed by atoms with Gasteiger partial charge in [-0.1, -0.05) is 74.9 Å². The van der Waals surface area contributed by atoms with Crippen molar-refractivity contribution in [3.63, 3.8) is 0 Å². The Kier molecular flexibility index (Phi) is 38.9. The van der Waals surface area contributed by atoms with Crippen LogP contribution in [0.4, 0.5) is 5.13 Å². The molecule has 2 unspecified atom stereocenters. The van der Waals surface area contributed by atoms with E-state index >= 15 is 0 Å². The average Bonchev–Trinajstić information content (AvgIpc) is 4.03. The summed E-state index contributed by atoms with van der Waals surface area (Å²) in [6.07, 6.45) is 8.34. The summed E-state index contributed by atoms with van der Waals surface area (Å²) in [5.74, 6) is 0. The Balaban J connectivity index is -0.000000304. The molecular formula is C30H38BrCl4N15O2P2S5. The number of azide groups is 1. The van der Waals surface area contributed by atoms with Gasteiger partial charge in [-0.05, 0) is 40.1 Å². The highest BCUT2D eigenvalue weighted by molar-refractivity contribution is 9.08. The van der Waals surface area contributed by atoms with Crippen LogP contribution >= 0.6 is 137 Å². The third-order valence-electron chi connectivity index (χ3n) is 4.24. The van der Waals surface area contributed by atoms with E-state index in [1.807, 2.05) is 38.1 Å². The molecule has 0 aliphatic carbocycles. The smallest absolute Gasteiger partial charge is 0.266 e.